The predicted molar refractivity (Wildman–Crippen MR) is 102 cm³/mol. The maximum absolute atomic E-state index is 13.3. The molecule has 1 N–H and O–H groups in total. The molecule has 7 heteroatoms. The van der Waals surface area contributed by atoms with Gasteiger partial charge in [-0.05, 0) is 61.1 Å². The Hall–Kier alpha value is -1.99. The molecule has 3 atom stereocenters. The third-order valence-electron chi connectivity index (χ3n) is 5.34. The fraction of sp³-hybridized carbons (Fsp3) is 0.450. The Bertz CT molecular complexity index is 775. The molecule has 2 fully saturated rings. The molecule has 144 valence electrons. The zero-order chi connectivity index (χ0) is 18.8. The molecule has 4 rings (SSSR count). The van der Waals surface area contributed by atoms with Crippen molar-refractivity contribution in [2.45, 2.75) is 24.0 Å². The van der Waals surface area contributed by atoms with Crippen molar-refractivity contribution in [1.82, 2.24) is 9.88 Å². The van der Waals surface area contributed by atoms with Crippen molar-refractivity contribution in [2.24, 2.45) is 11.8 Å². The normalized spacial score (nSPS) is 24.7. The van der Waals surface area contributed by atoms with E-state index >= 15 is 0 Å². The highest BCUT2D eigenvalue weighted by Crippen LogP contribution is 2.40. The van der Waals surface area contributed by atoms with E-state index in [-0.39, 0.29) is 6.10 Å². The second-order valence-corrected chi connectivity index (χ2v) is 8.14. The highest BCUT2D eigenvalue weighted by molar-refractivity contribution is 7.99. The molecule has 27 heavy (non-hydrogen) atoms. The Morgan fingerprint density at radius 2 is 1.78 bits per heavy atom. The summed E-state index contributed by atoms with van der Waals surface area (Å²) < 4.78 is 24.6. The lowest BCUT2D eigenvalue weighted by atomic mass is 10.0. The first-order chi connectivity index (χ1) is 13.1. The van der Waals surface area contributed by atoms with Gasteiger partial charge in [0.2, 0.25) is 0 Å². The van der Waals surface area contributed by atoms with E-state index in [1.807, 2.05) is 24.3 Å². The number of halogens is 1. The number of hydrogen-bond acceptors (Lipinski definition) is 6. The number of thioether (sulfide) groups is 1. The van der Waals surface area contributed by atoms with E-state index in [1.54, 1.807) is 13.2 Å². The van der Waals surface area contributed by atoms with Crippen molar-refractivity contribution in [1.29, 1.82) is 0 Å². The van der Waals surface area contributed by atoms with Crippen LogP contribution < -0.4 is 9.47 Å². The number of benzene rings is 1. The SMILES string of the molecule is COc1ccc(O[C@H]2C[C@@H]3CN(CSc4ccc(O)c(F)n4)C[C@@H]3C2)cc1. The number of fused-ring (bicyclic) bond motifs is 1. The quantitative estimate of drug-likeness (QED) is 0.599. The number of likely N-dealkylation sites (tertiary alicyclic amines) is 1. The van der Waals surface area contributed by atoms with Crippen LogP contribution in [-0.2, 0) is 0 Å². The largest absolute Gasteiger partial charge is 0.504 e. The molecule has 1 aromatic heterocycles. The van der Waals surface area contributed by atoms with Crippen LogP contribution in [0.3, 0.4) is 0 Å². The van der Waals surface area contributed by atoms with Gasteiger partial charge in [0.15, 0.2) is 5.75 Å². The molecule has 0 bridgehead atoms. The topological polar surface area (TPSA) is 54.8 Å². The summed E-state index contributed by atoms with van der Waals surface area (Å²) in [4.78, 5) is 6.17. The van der Waals surface area contributed by atoms with Crippen molar-refractivity contribution >= 4 is 11.8 Å². The zero-order valence-corrected chi connectivity index (χ0v) is 16.0. The molecule has 0 amide bonds. The lowest BCUT2D eigenvalue weighted by Crippen LogP contribution is -2.24. The number of aromatic hydroxyl groups is 1. The second kappa shape index (κ2) is 7.94. The molecular formula is C20H23FN2O3S. The lowest BCUT2D eigenvalue weighted by molar-refractivity contribution is 0.189. The molecule has 1 aromatic carbocycles. The van der Waals surface area contributed by atoms with Crippen molar-refractivity contribution in [2.75, 3.05) is 26.1 Å². The first-order valence-electron chi connectivity index (χ1n) is 9.12. The van der Waals surface area contributed by atoms with Crippen LogP contribution in [0, 0.1) is 17.8 Å². The Labute approximate surface area is 162 Å². The van der Waals surface area contributed by atoms with E-state index in [2.05, 4.69) is 9.88 Å². The molecule has 0 unspecified atom stereocenters. The van der Waals surface area contributed by atoms with E-state index in [1.165, 1.54) is 17.8 Å². The molecular weight excluding hydrogens is 367 g/mol. The van der Waals surface area contributed by atoms with Gasteiger partial charge in [0, 0.05) is 13.1 Å². The number of pyridine rings is 1. The number of hydrogen-bond donors (Lipinski definition) is 1. The van der Waals surface area contributed by atoms with Crippen LogP contribution in [0.1, 0.15) is 12.8 Å². The van der Waals surface area contributed by atoms with Crippen molar-refractivity contribution in [3.8, 4) is 17.2 Å². The van der Waals surface area contributed by atoms with Gasteiger partial charge in [0.25, 0.3) is 5.95 Å². The lowest BCUT2D eigenvalue weighted by Gasteiger charge is -2.19. The number of rotatable bonds is 6. The van der Waals surface area contributed by atoms with E-state index in [9.17, 15) is 9.50 Å². The summed E-state index contributed by atoms with van der Waals surface area (Å²) in [6, 6.07) is 10.8. The van der Waals surface area contributed by atoms with Crippen LogP contribution in [0.2, 0.25) is 0 Å². The Kier molecular flexibility index (Phi) is 5.41. The average Bonchev–Trinajstić information content (AvgIpc) is 3.21. The molecule has 1 aliphatic carbocycles. The zero-order valence-electron chi connectivity index (χ0n) is 15.2. The Morgan fingerprint density at radius 3 is 2.41 bits per heavy atom. The van der Waals surface area contributed by atoms with Crippen LogP contribution in [0.5, 0.6) is 17.2 Å². The average molecular weight is 390 g/mol. The highest BCUT2D eigenvalue weighted by atomic mass is 32.2. The van der Waals surface area contributed by atoms with Crippen LogP contribution in [0.25, 0.3) is 0 Å². The van der Waals surface area contributed by atoms with Gasteiger partial charge in [-0.1, -0.05) is 11.8 Å². The summed E-state index contributed by atoms with van der Waals surface area (Å²) in [5.74, 6) is 2.61. The summed E-state index contributed by atoms with van der Waals surface area (Å²) in [6.45, 7) is 2.08. The van der Waals surface area contributed by atoms with Gasteiger partial charge in [-0.25, -0.2) is 4.98 Å². The van der Waals surface area contributed by atoms with Crippen molar-refractivity contribution in [3.05, 3.63) is 42.3 Å². The number of nitrogens with zero attached hydrogens (tertiary/aromatic N) is 2. The molecule has 2 aromatic rings. The first kappa shape index (κ1) is 18.4. The molecule has 1 saturated carbocycles. The maximum atomic E-state index is 13.3. The molecule has 0 spiro atoms. The standard InChI is InChI=1S/C20H23FN2O3S/c1-25-15-2-4-16(5-3-15)26-17-8-13-10-23(11-14(13)9-17)12-27-19-7-6-18(24)20(21)22-19/h2-7,13-14,17,24H,8-12H2,1H3/t13-,14+,17+. The fourth-order valence-corrected chi connectivity index (χ4v) is 4.87. The predicted octanol–water partition coefficient (Wildman–Crippen LogP) is 3.77. The van der Waals surface area contributed by atoms with Gasteiger partial charge in [0.05, 0.1) is 19.1 Å². The molecule has 5 nitrogen and oxygen atoms in total. The van der Waals surface area contributed by atoms with Gasteiger partial charge in [-0.15, -0.1) is 0 Å². The second-order valence-electron chi connectivity index (χ2n) is 7.18. The third-order valence-corrected chi connectivity index (χ3v) is 6.36. The number of methoxy groups -OCH3 is 1. The monoisotopic (exact) mass is 390 g/mol. The van der Waals surface area contributed by atoms with Gasteiger partial charge >= 0.3 is 0 Å². The molecule has 1 saturated heterocycles. The molecule has 1 aliphatic heterocycles. The highest BCUT2D eigenvalue weighted by Gasteiger charge is 2.41. The van der Waals surface area contributed by atoms with Crippen LogP contribution in [0.15, 0.2) is 41.4 Å². The first-order valence-corrected chi connectivity index (χ1v) is 10.1. The maximum Gasteiger partial charge on any atom is 0.256 e. The van der Waals surface area contributed by atoms with Gasteiger partial charge in [0.1, 0.15) is 16.5 Å². The minimum atomic E-state index is -0.809. The smallest absolute Gasteiger partial charge is 0.256 e. The molecule has 2 aliphatic rings. The molecule has 2 heterocycles. The summed E-state index contributed by atoms with van der Waals surface area (Å²) in [7, 11) is 1.66. The summed E-state index contributed by atoms with van der Waals surface area (Å²) in [6.07, 6.45) is 2.42. The van der Waals surface area contributed by atoms with Crippen LogP contribution >= 0.6 is 11.8 Å². The van der Waals surface area contributed by atoms with Gasteiger partial charge in [-0.2, -0.15) is 4.39 Å². The van der Waals surface area contributed by atoms with E-state index in [0.29, 0.717) is 16.9 Å². The third kappa shape index (κ3) is 4.30. The Balaban J connectivity index is 1.24. The summed E-state index contributed by atoms with van der Waals surface area (Å²) in [5.41, 5.74) is 0. The van der Waals surface area contributed by atoms with E-state index in [4.69, 9.17) is 9.47 Å². The Morgan fingerprint density at radius 1 is 1.11 bits per heavy atom. The van der Waals surface area contributed by atoms with Crippen molar-refractivity contribution in [3.63, 3.8) is 0 Å². The van der Waals surface area contributed by atoms with Crippen LogP contribution in [-0.4, -0.2) is 47.2 Å². The van der Waals surface area contributed by atoms with Crippen LogP contribution in [0.4, 0.5) is 4.39 Å². The number of aromatic nitrogens is 1. The fourth-order valence-electron chi connectivity index (χ4n) is 4.04. The molecule has 0 radical (unpaired) electrons. The van der Waals surface area contributed by atoms with E-state index < -0.39 is 11.7 Å². The minimum absolute atomic E-state index is 0.274. The summed E-state index contributed by atoms with van der Waals surface area (Å²) in [5, 5.41) is 9.81. The van der Waals surface area contributed by atoms with Gasteiger partial charge in [-0.3, -0.25) is 4.90 Å². The van der Waals surface area contributed by atoms with E-state index in [0.717, 1.165) is 43.3 Å². The van der Waals surface area contributed by atoms with Gasteiger partial charge < -0.3 is 14.6 Å². The summed E-state index contributed by atoms with van der Waals surface area (Å²) >= 11 is 1.51. The minimum Gasteiger partial charge on any atom is -0.504 e. The van der Waals surface area contributed by atoms with Crippen molar-refractivity contribution < 1.29 is 19.0 Å². The number of ether oxygens (including phenoxy) is 2.